The summed E-state index contributed by atoms with van der Waals surface area (Å²) in [5.74, 6) is 0.711. The molecule has 4 aromatic rings. The monoisotopic (exact) mass is 579 g/mol. The molecule has 1 aliphatic rings. The van der Waals surface area contributed by atoms with E-state index >= 15 is 0 Å². The van der Waals surface area contributed by atoms with Gasteiger partial charge in [0.15, 0.2) is 9.84 Å². The Labute approximate surface area is 240 Å². The number of benzene rings is 2. The Balaban J connectivity index is 1.37. The summed E-state index contributed by atoms with van der Waals surface area (Å²) < 4.78 is 31.6. The summed E-state index contributed by atoms with van der Waals surface area (Å²) in [6.45, 7) is 2.02. The molecule has 2 aromatic heterocycles. The molecule has 0 unspecified atom stereocenters. The number of sulfone groups is 1. The lowest BCUT2D eigenvalue weighted by atomic mass is 9.90. The number of aromatic nitrogens is 3. The highest BCUT2D eigenvalue weighted by Crippen LogP contribution is 2.34. The smallest absolute Gasteiger partial charge is 0.223 e. The number of hydrogen-bond acceptors (Lipinski definition) is 8. The van der Waals surface area contributed by atoms with Crippen LogP contribution in [-0.2, 0) is 15.6 Å². The summed E-state index contributed by atoms with van der Waals surface area (Å²) in [7, 11) is 2.14. The van der Waals surface area contributed by atoms with Crippen LogP contribution in [0.5, 0.6) is 5.88 Å². The van der Waals surface area contributed by atoms with Crippen molar-refractivity contribution in [3.05, 3.63) is 71.0 Å². The van der Waals surface area contributed by atoms with Crippen molar-refractivity contribution >= 4 is 38.3 Å². The van der Waals surface area contributed by atoms with Gasteiger partial charge in [-0.3, -0.25) is 0 Å². The zero-order chi connectivity index (χ0) is 28.4. The molecule has 8 nitrogen and oxygen atoms in total. The lowest BCUT2D eigenvalue weighted by molar-refractivity contribution is 0.221. The second-order valence-corrected chi connectivity index (χ2v) is 12.9. The van der Waals surface area contributed by atoms with Gasteiger partial charge in [-0.1, -0.05) is 23.7 Å². The maximum atomic E-state index is 13.0. The summed E-state index contributed by atoms with van der Waals surface area (Å²) >= 11 is 6.14. The first-order valence-electron chi connectivity index (χ1n) is 13.4. The number of halogens is 1. The van der Waals surface area contributed by atoms with Gasteiger partial charge in [0.1, 0.15) is 0 Å². The SMILES string of the molecule is COc1nc(CS(=O)(=O)c2ccccc2Cl)ccc1-c1cc2cnc(NC3CCC(N(C)C)CC3)nc2cc1C. The van der Waals surface area contributed by atoms with E-state index in [-0.39, 0.29) is 15.7 Å². The van der Waals surface area contributed by atoms with Crippen molar-refractivity contribution in [2.45, 2.75) is 55.3 Å². The number of ether oxygens (including phenoxy) is 1. The molecule has 0 atom stereocenters. The number of nitrogens with one attached hydrogen (secondary N) is 1. The average Bonchev–Trinajstić information content (AvgIpc) is 2.93. The van der Waals surface area contributed by atoms with Crippen LogP contribution in [-0.4, -0.2) is 61.6 Å². The van der Waals surface area contributed by atoms with E-state index in [0.29, 0.717) is 29.6 Å². The Morgan fingerprint density at radius 2 is 1.77 bits per heavy atom. The summed E-state index contributed by atoms with van der Waals surface area (Å²) in [5.41, 5.74) is 3.91. The third-order valence-corrected chi connectivity index (χ3v) is 9.74. The highest BCUT2D eigenvalue weighted by Gasteiger charge is 2.23. The number of nitrogens with zero attached hydrogens (tertiary/aromatic N) is 4. The molecule has 0 saturated heterocycles. The molecule has 40 heavy (non-hydrogen) atoms. The third-order valence-electron chi connectivity index (χ3n) is 7.60. The van der Waals surface area contributed by atoms with Gasteiger partial charge in [0.25, 0.3) is 0 Å². The third kappa shape index (κ3) is 6.06. The van der Waals surface area contributed by atoms with Crippen molar-refractivity contribution in [2.75, 3.05) is 26.5 Å². The van der Waals surface area contributed by atoms with E-state index in [1.54, 1.807) is 24.3 Å². The first kappa shape index (κ1) is 28.3. The molecule has 1 N–H and O–H groups in total. The number of anilines is 1. The lowest BCUT2D eigenvalue weighted by Crippen LogP contribution is -2.36. The minimum Gasteiger partial charge on any atom is -0.481 e. The zero-order valence-corrected chi connectivity index (χ0v) is 24.8. The fraction of sp³-hybridized carbons (Fsp3) is 0.367. The Bertz CT molecular complexity index is 1640. The van der Waals surface area contributed by atoms with Crippen molar-refractivity contribution in [3.63, 3.8) is 0 Å². The number of rotatable bonds is 8. The molecular weight excluding hydrogens is 546 g/mol. The van der Waals surface area contributed by atoms with Crippen LogP contribution in [0.4, 0.5) is 5.95 Å². The molecular formula is C30H34ClN5O3S. The molecule has 1 aliphatic carbocycles. The summed E-state index contributed by atoms with van der Waals surface area (Å²) in [6.07, 6.45) is 6.38. The highest BCUT2D eigenvalue weighted by atomic mass is 35.5. The van der Waals surface area contributed by atoms with Gasteiger partial charge in [0, 0.05) is 29.2 Å². The Hall–Kier alpha value is -3.27. The predicted molar refractivity (Wildman–Crippen MR) is 160 cm³/mol. The second kappa shape index (κ2) is 11.7. The summed E-state index contributed by atoms with van der Waals surface area (Å²) in [6, 6.07) is 15.1. The number of aryl methyl sites for hydroxylation is 1. The van der Waals surface area contributed by atoms with Crippen LogP contribution in [0.1, 0.15) is 36.9 Å². The summed E-state index contributed by atoms with van der Waals surface area (Å²) in [4.78, 5) is 16.3. The molecule has 0 aliphatic heterocycles. The molecule has 10 heteroatoms. The molecule has 0 spiro atoms. The molecule has 210 valence electrons. The largest absolute Gasteiger partial charge is 0.481 e. The van der Waals surface area contributed by atoms with Gasteiger partial charge in [0.05, 0.1) is 34.0 Å². The number of methoxy groups -OCH3 is 1. The van der Waals surface area contributed by atoms with E-state index < -0.39 is 9.84 Å². The predicted octanol–water partition coefficient (Wildman–Crippen LogP) is 5.92. The molecule has 2 heterocycles. The van der Waals surface area contributed by atoms with E-state index in [2.05, 4.69) is 34.3 Å². The van der Waals surface area contributed by atoms with Crippen molar-refractivity contribution in [1.82, 2.24) is 19.9 Å². The fourth-order valence-electron chi connectivity index (χ4n) is 5.35. The molecule has 5 rings (SSSR count). The minimum atomic E-state index is -3.68. The van der Waals surface area contributed by atoms with Crippen LogP contribution in [0.2, 0.25) is 5.02 Å². The first-order chi connectivity index (χ1) is 19.1. The Morgan fingerprint density at radius 1 is 1.02 bits per heavy atom. The molecule has 1 fully saturated rings. The van der Waals surface area contributed by atoms with Gasteiger partial charge in [0.2, 0.25) is 11.8 Å². The van der Waals surface area contributed by atoms with Crippen LogP contribution >= 0.6 is 11.6 Å². The number of hydrogen-bond donors (Lipinski definition) is 1. The van der Waals surface area contributed by atoms with Gasteiger partial charge in [-0.15, -0.1) is 0 Å². The minimum absolute atomic E-state index is 0.0852. The maximum Gasteiger partial charge on any atom is 0.223 e. The maximum absolute atomic E-state index is 13.0. The normalized spacial score (nSPS) is 17.8. The van der Waals surface area contributed by atoms with Gasteiger partial charge in [-0.25, -0.2) is 23.4 Å². The van der Waals surface area contributed by atoms with E-state index in [1.807, 2.05) is 31.3 Å². The highest BCUT2D eigenvalue weighted by molar-refractivity contribution is 7.90. The Morgan fingerprint density at radius 3 is 2.48 bits per heavy atom. The number of fused-ring (bicyclic) bond motifs is 1. The van der Waals surface area contributed by atoms with Gasteiger partial charge in [-0.05, 0) is 94.2 Å². The van der Waals surface area contributed by atoms with Gasteiger partial charge in [-0.2, -0.15) is 0 Å². The van der Waals surface area contributed by atoms with Crippen molar-refractivity contribution in [3.8, 4) is 17.0 Å². The van der Waals surface area contributed by atoms with Gasteiger partial charge < -0.3 is 15.0 Å². The van der Waals surface area contributed by atoms with Crippen molar-refractivity contribution < 1.29 is 13.2 Å². The Kier molecular flexibility index (Phi) is 8.26. The van der Waals surface area contributed by atoms with E-state index in [0.717, 1.165) is 40.4 Å². The zero-order valence-electron chi connectivity index (χ0n) is 23.2. The van der Waals surface area contributed by atoms with Crippen LogP contribution in [0.25, 0.3) is 22.0 Å². The van der Waals surface area contributed by atoms with Crippen molar-refractivity contribution in [1.29, 1.82) is 0 Å². The molecule has 0 amide bonds. The lowest BCUT2D eigenvalue weighted by Gasteiger charge is -2.32. The summed E-state index contributed by atoms with van der Waals surface area (Å²) in [5, 5.41) is 4.62. The fourth-order valence-corrected chi connectivity index (χ4v) is 7.20. The standard InChI is InChI=1S/C30H34ClN5O3S/c1-19-15-27-20(17-32-30(35-27)34-21-9-12-23(13-10-21)36(2)3)16-25(19)24-14-11-22(33-29(24)39-4)18-40(37,38)28-8-6-5-7-26(28)31/h5-8,11,14-17,21,23H,9-10,12-13,18H2,1-4H3,(H,32,34,35). The molecule has 2 aromatic carbocycles. The number of pyridine rings is 1. The average molecular weight is 580 g/mol. The van der Waals surface area contributed by atoms with E-state index in [4.69, 9.17) is 21.3 Å². The second-order valence-electron chi connectivity index (χ2n) is 10.6. The van der Waals surface area contributed by atoms with Crippen LogP contribution in [0.3, 0.4) is 0 Å². The van der Waals surface area contributed by atoms with E-state index in [9.17, 15) is 8.42 Å². The van der Waals surface area contributed by atoms with Gasteiger partial charge >= 0.3 is 0 Å². The molecule has 0 radical (unpaired) electrons. The topological polar surface area (TPSA) is 97.3 Å². The molecule has 1 saturated carbocycles. The van der Waals surface area contributed by atoms with Crippen LogP contribution in [0.15, 0.2) is 59.6 Å². The van der Waals surface area contributed by atoms with Crippen LogP contribution < -0.4 is 10.1 Å². The van der Waals surface area contributed by atoms with E-state index in [1.165, 1.54) is 26.0 Å². The first-order valence-corrected chi connectivity index (χ1v) is 15.4. The van der Waals surface area contributed by atoms with Crippen molar-refractivity contribution in [2.24, 2.45) is 0 Å². The van der Waals surface area contributed by atoms with Crippen LogP contribution in [0, 0.1) is 6.92 Å². The molecule has 0 bridgehead atoms. The quantitative estimate of drug-likeness (QED) is 0.275.